The van der Waals surface area contributed by atoms with Crippen LogP contribution in [0.3, 0.4) is 0 Å². The van der Waals surface area contributed by atoms with Crippen molar-refractivity contribution in [2.24, 2.45) is 5.92 Å². The monoisotopic (exact) mass is 458 g/mol. The number of nitrogens with zero attached hydrogens (tertiary/aromatic N) is 3. The summed E-state index contributed by atoms with van der Waals surface area (Å²) in [4.78, 5) is 23.5. The topological polar surface area (TPSA) is 42.6 Å². The smallest absolute Gasteiger partial charge is 0.254 e. The second kappa shape index (κ2) is 10.3. The molecule has 0 unspecified atom stereocenters. The van der Waals surface area contributed by atoms with Crippen molar-refractivity contribution in [1.29, 1.82) is 0 Å². The van der Waals surface area contributed by atoms with E-state index in [0.717, 1.165) is 62.8 Å². The molecule has 0 spiro atoms. The number of fused-ring (bicyclic) bond motifs is 1. The fourth-order valence-electron chi connectivity index (χ4n) is 5.61. The average molecular weight is 459 g/mol. The van der Waals surface area contributed by atoms with Crippen molar-refractivity contribution in [3.63, 3.8) is 0 Å². The molecular formula is C29H38N4O. The van der Waals surface area contributed by atoms with Crippen LogP contribution in [0.25, 0.3) is 10.9 Å². The molecule has 5 rings (SSSR count). The molecule has 2 aliphatic heterocycles. The van der Waals surface area contributed by atoms with Crippen molar-refractivity contribution in [3.8, 4) is 0 Å². The molecule has 5 heteroatoms. The van der Waals surface area contributed by atoms with Crippen LogP contribution >= 0.6 is 0 Å². The van der Waals surface area contributed by atoms with Gasteiger partial charge >= 0.3 is 0 Å². The number of H-pyrrole nitrogens is 1. The second-order valence-corrected chi connectivity index (χ2v) is 10.4. The quantitative estimate of drug-likeness (QED) is 0.578. The Kier molecular flexibility index (Phi) is 7.02. The summed E-state index contributed by atoms with van der Waals surface area (Å²) in [6, 6.07) is 17.6. The Morgan fingerprint density at radius 1 is 0.971 bits per heavy atom. The summed E-state index contributed by atoms with van der Waals surface area (Å²) in [6.45, 7) is 11.3. The lowest BCUT2D eigenvalue weighted by molar-refractivity contribution is 0.0595. The molecule has 0 aliphatic carbocycles. The first-order chi connectivity index (χ1) is 16.6. The van der Waals surface area contributed by atoms with E-state index in [0.29, 0.717) is 6.04 Å². The molecule has 2 saturated heterocycles. The number of aromatic nitrogens is 1. The van der Waals surface area contributed by atoms with Crippen LogP contribution in [0.15, 0.2) is 54.7 Å². The van der Waals surface area contributed by atoms with Crippen molar-refractivity contribution in [2.45, 2.75) is 45.7 Å². The van der Waals surface area contributed by atoms with Gasteiger partial charge in [0.15, 0.2) is 0 Å². The van der Waals surface area contributed by atoms with Crippen LogP contribution in [-0.2, 0) is 13.0 Å². The number of benzene rings is 2. The van der Waals surface area contributed by atoms with Gasteiger partial charge in [-0.3, -0.25) is 14.6 Å². The Balaban J connectivity index is 1.17. The Morgan fingerprint density at radius 2 is 1.71 bits per heavy atom. The zero-order valence-electron chi connectivity index (χ0n) is 20.7. The van der Waals surface area contributed by atoms with Gasteiger partial charge in [0.25, 0.3) is 5.91 Å². The van der Waals surface area contributed by atoms with Crippen molar-refractivity contribution >= 4 is 16.8 Å². The number of likely N-dealkylation sites (tertiary alicyclic amines) is 1. The number of piperazine rings is 1. The first kappa shape index (κ1) is 23.1. The molecule has 5 nitrogen and oxygen atoms in total. The van der Waals surface area contributed by atoms with E-state index < -0.39 is 0 Å². The van der Waals surface area contributed by atoms with E-state index in [4.69, 9.17) is 0 Å². The van der Waals surface area contributed by atoms with Crippen molar-refractivity contribution < 1.29 is 4.79 Å². The number of piperidine rings is 1. The van der Waals surface area contributed by atoms with Gasteiger partial charge in [-0.2, -0.15) is 0 Å². The normalized spacial score (nSPS) is 18.7. The Bertz CT molecular complexity index is 1090. The number of amides is 1. The van der Waals surface area contributed by atoms with Gasteiger partial charge in [-0.25, -0.2) is 0 Å². The molecular weight excluding hydrogens is 420 g/mol. The van der Waals surface area contributed by atoms with Crippen LogP contribution in [0.1, 0.15) is 48.2 Å². The van der Waals surface area contributed by atoms with Gasteiger partial charge in [0.2, 0.25) is 0 Å². The van der Waals surface area contributed by atoms with Crippen LogP contribution in [-0.4, -0.2) is 70.9 Å². The molecule has 0 radical (unpaired) electrons. The van der Waals surface area contributed by atoms with Crippen LogP contribution in [0.4, 0.5) is 0 Å². The molecule has 1 N–H and O–H groups in total. The van der Waals surface area contributed by atoms with Crippen molar-refractivity contribution in [1.82, 2.24) is 19.7 Å². The maximum atomic E-state index is 13.1. The van der Waals surface area contributed by atoms with Gasteiger partial charge in [-0.15, -0.1) is 0 Å². The molecule has 0 atom stereocenters. The van der Waals surface area contributed by atoms with Gasteiger partial charge in [0.05, 0.1) is 0 Å². The van der Waals surface area contributed by atoms with Gasteiger partial charge in [0, 0.05) is 61.4 Å². The summed E-state index contributed by atoms with van der Waals surface area (Å²) in [6.07, 6.45) is 5.86. The molecule has 1 aromatic heterocycles. The van der Waals surface area contributed by atoms with Gasteiger partial charge in [0.1, 0.15) is 0 Å². The molecule has 2 aromatic carbocycles. The number of hydrogen-bond donors (Lipinski definition) is 1. The van der Waals surface area contributed by atoms with Crippen LogP contribution < -0.4 is 0 Å². The third-order valence-electron chi connectivity index (χ3n) is 7.81. The number of hydrogen-bond acceptors (Lipinski definition) is 3. The molecule has 2 fully saturated rings. The molecule has 3 aromatic rings. The van der Waals surface area contributed by atoms with Crippen LogP contribution in [0.5, 0.6) is 0 Å². The highest BCUT2D eigenvalue weighted by Crippen LogP contribution is 2.26. The van der Waals surface area contributed by atoms with Gasteiger partial charge < -0.3 is 9.88 Å². The summed E-state index contributed by atoms with van der Waals surface area (Å²) in [5, 5.41) is 1.24. The molecule has 3 heterocycles. The van der Waals surface area contributed by atoms with E-state index >= 15 is 0 Å². The molecule has 0 saturated carbocycles. The van der Waals surface area contributed by atoms with E-state index in [2.05, 4.69) is 71.2 Å². The minimum absolute atomic E-state index is 0.155. The highest BCUT2D eigenvalue weighted by atomic mass is 16.2. The van der Waals surface area contributed by atoms with Crippen LogP contribution in [0.2, 0.25) is 0 Å². The fraction of sp³-hybridized carbons (Fsp3) is 0.483. The predicted molar refractivity (Wildman–Crippen MR) is 139 cm³/mol. The van der Waals surface area contributed by atoms with Gasteiger partial charge in [-0.05, 0) is 75.4 Å². The lowest BCUT2D eigenvalue weighted by atomic mass is 9.90. The summed E-state index contributed by atoms with van der Waals surface area (Å²) in [7, 11) is 0. The highest BCUT2D eigenvalue weighted by Gasteiger charge is 2.24. The number of carbonyl (C=O) groups is 1. The first-order valence-corrected chi connectivity index (χ1v) is 13.0. The SMILES string of the molecule is CC(C)N1CCN(C(=O)c2ccc3c(CN4CCC(Cc5ccccc5)CC4)c[nH]c3c2)CC1. The largest absolute Gasteiger partial charge is 0.361 e. The number of rotatable bonds is 6. The third-order valence-corrected chi connectivity index (χ3v) is 7.81. The molecule has 2 aliphatic rings. The van der Waals surface area contributed by atoms with E-state index in [-0.39, 0.29) is 5.91 Å². The Hall–Kier alpha value is -2.63. The number of aromatic amines is 1. The lowest BCUT2D eigenvalue weighted by Crippen LogP contribution is -2.50. The third kappa shape index (κ3) is 5.21. The lowest BCUT2D eigenvalue weighted by Gasteiger charge is -2.37. The number of carbonyl (C=O) groups excluding carboxylic acids is 1. The maximum absolute atomic E-state index is 13.1. The molecule has 1 amide bonds. The maximum Gasteiger partial charge on any atom is 0.254 e. The minimum atomic E-state index is 0.155. The molecule has 0 bridgehead atoms. The summed E-state index contributed by atoms with van der Waals surface area (Å²) >= 11 is 0. The summed E-state index contributed by atoms with van der Waals surface area (Å²) in [5.41, 5.74) is 4.66. The predicted octanol–water partition coefficient (Wildman–Crippen LogP) is 4.79. The summed E-state index contributed by atoms with van der Waals surface area (Å²) in [5.74, 6) is 0.944. The van der Waals surface area contributed by atoms with E-state index in [1.54, 1.807) is 0 Å². The molecule has 180 valence electrons. The standard InChI is InChI=1S/C29H38N4O/c1-22(2)32-14-16-33(17-15-32)29(34)25-8-9-27-26(20-30-28(27)19-25)21-31-12-10-24(11-13-31)18-23-6-4-3-5-7-23/h3-9,19-20,22,24,30H,10-18,21H2,1-2H3. The zero-order valence-corrected chi connectivity index (χ0v) is 20.7. The van der Waals surface area contributed by atoms with E-state index in [1.807, 2.05) is 17.0 Å². The van der Waals surface area contributed by atoms with E-state index in [9.17, 15) is 4.79 Å². The van der Waals surface area contributed by atoms with E-state index in [1.165, 1.54) is 35.8 Å². The van der Waals surface area contributed by atoms with Gasteiger partial charge in [-0.1, -0.05) is 36.4 Å². The minimum Gasteiger partial charge on any atom is -0.361 e. The Labute approximate surface area is 203 Å². The summed E-state index contributed by atoms with van der Waals surface area (Å²) < 4.78 is 0. The highest BCUT2D eigenvalue weighted by molar-refractivity contribution is 5.98. The average Bonchev–Trinajstić information content (AvgIpc) is 3.27. The first-order valence-electron chi connectivity index (χ1n) is 13.0. The zero-order chi connectivity index (χ0) is 23.5. The van der Waals surface area contributed by atoms with Crippen molar-refractivity contribution in [2.75, 3.05) is 39.3 Å². The molecule has 34 heavy (non-hydrogen) atoms. The Morgan fingerprint density at radius 3 is 2.41 bits per heavy atom. The van der Waals surface area contributed by atoms with Crippen molar-refractivity contribution in [3.05, 3.63) is 71.4 Å². The number of nitrogens with one attached hydrogen (secondary N) is 1. The fourth-order valence-corrected chi connectivity index (χ4v) is 5.61. The second-order valence-electron chi connectivity index (χ2n) is 10.4. The van der Waals surface area contributed by atoms with Crippen LogP contribution in [0, 0.1) is 5.92 Å².